The summed E-state index contributed by atoms with van der Waals surface area (Å²) in [5.74, 6) is 0.0353. The van der Waals surface area contributed by atoms with Crippen LogP contribution >= 0.6 is 0 Å². The maximum atomic E-state index is 8.58. The lowest BCUT2D eigenvalue weighted by molar-refractivity contribution is 0.114. The van der Waals surface area contributed by atoms with Crippen LogP contribution in [0.4, 0.5) is 0 Å². The summed E-state index contributed by atoms with van der Waals surface area (Å²) >= 11 is 0. The van der Waals surface area contributed by atoms with Crippen LogP contribution in [0, 0.1) is 17.2 Å². The summed E-state index contributed by atoms with van der Waals surface area (Å²) in [5, 5.41) is 8.58. The quantitative estimate of drug-likeness (QED) is 0.429. The molecule has 0 aromatic heterocycles. The van der Waals surface area contributed by atoms with E-state index in [9.17, 15) is 0 Å². The molecule has 0 bridgehead atoms. The molecular weight excluding hydrogens is 222 g/mol. The second-order valence-corrected chi connectivity index (χ2v) is 5.29. The SMILES string of the molecule is CCCCCCCCCCCCOCC(C)C#N. The van der Waals surface area contributed by atoms with Crippen LogP contribution in [-0.4, -0.2) is 13.2 Å². The number of nitrogens with zero attached hydrogens (tertiary/aromatic N) is 1. The van der Waals surface area contributed by atoms with E-state index in [1.54, 1.807) is 0 Å². The molecule has 2 heteroatoms. The molecule has 0 amide bonds. The van der Waals surface area contributed by atoms with Crippen LogP contribution in [0.3, 0.4) is 0 Å². The third-order valence-electron chi connectivity index (χ3n) is 3.23. The highest BCUT2D eigenvalue weighted by molar-refractivity contribution is 4.77. The molecule has 0 aromatic carbocycles. The molecule has 0 aliphatic carbocycles. The monoisotopic (exact) mass is 253 g/mol. The molecule has 0 saturated carbocycles. The molecule has 1 atom stereocenters. The van der Waals surface area contributed by atoms with Gasteiger partial charge in [0.05, 0.1) is 18.6 Å². The first-order valence-electron chi connectivity index (χ1n) is 7.78. The normalized spacial score (nSPS) is 12.3. The van der Waals surface area contributed by atoms with Gasteiger partial charge in [0.1, 0.15) is 0 Å². The topological polar surface area (TPSA) is 33.0 Å². The second kappa shape index (κ2) is 14.5. The summed E-state index contributed by atoms with van der Waals surface area (Å²) in [7, 11) is 0. The van der Waals surface area contributed by atoms with E-state index in [4.69, 9.17) is 10.00 Å². The van der Waals surface area contributed by atoms with E-state index in [0.717, 1.165) is 13.0 Å². The van der Waals surface area contributed by atoms with Crippen molar-refractivity contribution in [2.45, 2.75) is 78.1 Å². The summed E-state index contributed by atoms with van der Waals surface area (Å²) in [4.78, 5) is 0. The summed E-state index contributed by atoms with van der Waals surface area (Å²) in [6.45, 7) is 5.58. The van der Waals surface area contributed by atoms with E-state index >= 15 is 0 Å². The minimum Gasteiger partial charge on any atom is -0.380 e. The molecule has 106 valence electrons. The molecule has 2 nitrogen and oxygen atoms in total. The summed E-state index contributed by atoms with van der Waals surface area (Å²) in [6, 6.07) is 2.18. The van der Waals surface area contributed by atoms with Crippen LogP contribution in [-0.2, 0) is 4.74 Å². The van der Waals surface area contributed by atoms with Gasteiger partial charge in [-0.2, -0.15) is 5.26 Å². The highest BCUT2D eigenvalue weighted by Gasteiger charge is 1.98. The number of ether oxygens (including phenoxy) is 1. The van der Waals surface area contributed by atoms with E-state index < -0.39 is 0 Å². The highest BCUT2D eigenvalue weighted by atomic mass is 16.5. The number of unbranched alkanes of at least 4 members (excludes halogenated alkanes) is 9. The fourth-order valence-electron chi connectivity index (χ4n) is 1.99. The first kappa shape index (κ1) is 17.4. The van der Waals surface area contributed by atoms with Gasteiger partial charge in [-0.05, 0) is 13.3 Å². The molecule has 0 heterocycles. The van der Waals surface area contributed by atoms with Crippen molar-refractivity contribution in [3.63, 3.8) is 0 Å². The molecule has 0 aromatic rings. The molecule has 0 fully saturated rings. The molecule has 0 N–H and O–H groups in total. The average Bonchev–Trinajstić information content (AvgIpc) is 2.39. The third kappa shape index (κ3) is 13.5. The predicted molar refractivity (Wildman–Crippen MR) is 77.4 cm³/mol. The van der Waals surface area contributed by atoms with Gasteiger partial charge in [-0.15, -0.1) is 0 Å². The Kier molecular flexibility index (Phi) is 14.1. The molecule has 0 aliphatic heterocycles. The second-order valence-electron chi connectivity index (χ2n) is 5.29. The van der Waals surface area contributed by atoms with Gasteiger partial charge in [0.25, 0.3) is 0 Å². The maximum Gasteiger partial charge on any atom is 0.0677 e. The summed E-state index contributed by atoms with van der Waals surface area (Å²) < 4.78 is 5.44. The first-order valence-corrected chi connectivity index (χ1v) is 7.78. The van der Waals surface area contributed by atoms with E-state index in [1.165, 1.54) is 57.8 Å². The van der Waals surface area contributed by atoms with Gasteiger partial charge in [0.2, 0.25) is 0 Å². The van der Waals surface area contributed by atoms with Crippen LogP contribution in [0.25, 0.3) is 0 Å². The van der Waals surface area contributed by atoms with Gasteiger partial charge in [0, 0.05) is 6.61 Å². The molecule has 0 radical (unpaired) electrons. The van der Waals surface area contributed by atoms with Crippen molar-refractivity contribution >= 4 is 0 Å². The number of hydrogen-bond acceptors (Lipinski definition) is 2. The Balaban J connectivity index is 2.97. The lowest BCUT2D eigenvalue weighted by Crippen LogP contribution is -2.04. The Morgan fingerprint density at radius 1 is 0.889 bits per heavy atom. The van der Waals surface area contributed by atoms with Gasteiger partial charge >= 0.3 is 0 Å². The van der Waals surface area contributed by atoms with Gasteiger partial charge in [-0.3, -0.25) is 0 Å². The summed E-state index contributed by atoms with van der Waals surface area (Å²) in [6.07, 6.45) is 13.5. The zero-order valence-electron chi connectivity index (χ0n) is 12.4. The minimum atomic E-state index is 0.0353. The molecule has 1 unspecified atom stereocenters. The fourth-order valence-corrected chi connectivity index (χ4v) is 1.99. The van der Waals surface area contributed by atoms with Gasteiger partial charge < -0.3 is 4.74 Å². The van der Waals surface area contributed by atoms with Gasteiger partial charge in [-0.25, -0.2) is 0 Å². The third-order valence-corrected chi connectivity index (χ3v) is 3.23. The molecular formula is C16H31NO. The van der Waals surface area contributed by atoms with Crippen molar-refractivity contribution < 1.29 is 4.74 Å². The van der Waals surface area contributed by atoms with Crippen molar-refractivity contribution in [1.29, 1.82) is 5.26 Å². The Morgan fingerprint density at radius 3 is 1.89 bits per heavy atom. The number of hydrogen-bond donors (Lipinski definition) is 0. The number of rotatable bonds is 13. The maximum absolute atomic E-state index is 8.58. The standard InChI is InChI=1S/C16H31NO/c1-3-4-5-6-7-8-9-10-11-12-13-18-15-16(2)14-17/h16H,3-13,15H2,1-2H3. The van der Waals surface area contributed by atoms with Crippen LogP contribution in [0.5, 0.6) is 0 Å². The van der Waals surface area contributed by atoms with E-state index in [1.807, 2.05) is 6.92 Å². The zero-order chi connectivity index (χ0) is 13.5. The van der Waals surface area contributed by atoms with Gasteiger partial charge in [0.15, 0.2) is 0 Å². The zero-order valence-corrected chi connectivity index (χ0v) is 12.4. The Bertz CT molecular complexity index is 198. The Morgan fingerprint density at radius 2 is 1.39 bits per heavy atom. The van der Waals surface area contributed by atoms with E-state index in [0.29, 0.717) is 6.61 Å². The predicted octanol–water partition coefficient (Wildman–Crippen LogP) is 5.08. The smallest absolute Gasteiger partial charge is 0.0677 e. The van der Waals surface area contributed by atoms with E-state index in [-0.39, 0.29) is 5.92 Å². The lowest BCUT2D eigenvalue weighted by Gasteiger charge is -2.05. The van der Waals surface area contributed by atoms with Crippen molar-refractivity contribution in [3.8, 4) is 6.07 Å². The first-order chi connectivity index (χ1) is 8.81. The van der Waals surface area contributed by atoms with Crippen molar-refractivity contribution in [3.05, 3.63) is 0 Å². The van der Waals surface area contributed by atoms with Crippen LogP contribution in [0.15, 0.2) is 0 Å². The summed E-state index contributed by atoms with van der Waals surface area (Å²) in [5.41, 5.74) is 0. The molecule has 0 saturated heterocycles. The van der Waals surface area contributed by atoms with Gasteiger partial charge in [-0.1, -0.05) is 64.7 Å². The largest absolute Gasteiger partial charge is 0.380 e. The lowest BCUT2D eigenvalue weighted by atomic mass is 10.1. The minimum absolute atomic E-state index is 0.0353. The molecule has 0 rings (SSSR count). The number of nitriles is 1. The molecule has 0 aliphatic rings. The Hall–Kier alpha value is -0.550. The highest BCUT2D eigenvalue weighted by Crippen LogP contribution is 2.10. The van der Waals surface area contributed by atoms with Crippen LogP contribution in [0.1, 0.15) is 78.1 Å². The van der Waals surface area contributed by atoms with Crippen molar-refractivity contribution in [2.75, 3.05) is 13.2 Å². The van der Waals surface area contributed by atoms with Crippen molar-refractivity contribution in [2.24, 2.45) is 5.92 Å². The van der Waals surface area contributed by atoms with Crippen LogP contribution in [0.2, 0.25) is 0 Å². The van der Waals surface area contributed by atoms with Crippen LogP contribution < -0.4 is 0 Å². The van der Waals surface area contributed by atoms with Crippen molar-refractivity contribution in [1.82, 2.24) is 0 Å². The molecule has 0 spiro atoms. The Labute approximate surface area is 114 Å². The average molecular weight is 253 g/mol. The molecule has 18 heavy (non-hydrogen) atoms. The fraction of sp³-hybridized carbons (Fsp3) is 0.938. The van der Waals surface area contributed by atoms with E-state index in [2.05, 4.69) is 13.0 Å².